The van der Waals surface area contributed by atoms with Gasteiger partial charge in [-0.2, -0.15) is 0 Å². The van der Waals surface area contributed by atoms with Gasteiger partial charge in [0, 0.05) is 38.5 Å². The molecule has 0 aromatic carbocycles. The molecule has 0 radical (unpaired) electrons. The molecular weight excluding hydrogens is 821 g/mol. The molecule has 0 spiro atoms. The van der Waals surface area contributed by atoms with Gasteiger partial charge >= 0.3 is 0 Å². The number of hydrazine groups is 1. The molecule has 4 N–H and O–H groups in total. The fraction of sp³-hybridized carbons (Fsp3) is 0.862. The SMILES string of the molecule is CCCCCCCCC=CCCCC(C(O)C(CC(=O)CCC(=O)NNC(=O)CCC(=O)CC(C(O)C(CCC/C=C\CCCCCCCC)C(C)(C)C)C(C)(C)C)C(C)(C)C)C(C)(C)C. The third-order valence-electron chi connectivity index (χ3n) is 14.2. The summed E-state index contributed by atoms with van der Waals surface area (Å²) in [5, 5.41) is 23.8. The quantitative estimate of drug-likeness (QED) is 0.0281. The number of rotatable bonds is 36. The van der Waals surface area contributed by atoms with Gasteiger partial charge in [0.15, 0.2) is 0 Å². The molecule has 0 rings (SSSR count). The van der Waals surface area contributed by atoms with E-state index in [-0.39, 0.29) is 95.4 Å². The van der Waals surface area contributed by atoms with Gasteiger partial charge in [0.2, 0.25) is 11.8 Å². The lowest BCUT2D eigenvalue weighted by molar-refractivity contribution is -0.132. The van der Waals surface area contributed by atoms with Crippen LogP contribution in [0.5, 0.6) is 0 Å². The summed E-state index contributed by atoms with van der Waals surface area (Å²) in [6, 6.07) is 0. The maximum atomic E-state index is 13.4. The minimum absolute atomic E-state index is 0.00507. The minimum atomic E-state index is -0.671. The van der Waals surface area contributed by atoms with Gasteiger partial charge in [-0.1, -0.05) is 185 Å². The van der Waals surface area contributed by atoms with Crippen LogP contribution < -0.4 is 10.9 Å². The number of Topliss-reactive ketones (excluding diaryl/α,β-unsaturated/α-hetero) is 2. The lowest BCUT2D eigenvalue weighted by Crippen LogP contribution is -2.44. The molecular formula is C58H108N2O6. The Balaban J connectivity index is 5.09. The molecule has 0 aromatic heterocycles. The highest BCUT2D eigenvalue weighted by molar-refractivity contribution is 5.88. The van der Waals surface area contributed by atoms with Gasteiger partial charge in [-0.3, -0.25) is 30.0 Å². The molecule has 0 aliphatic rings. The average molecular weight is 930 g/mol. The van der Waals surface area contributed by atoms with Crippen LogP contribution in [0.3, 0.4) is 0 Å². The van der Waals surface area contributed by atoms with Crippen LogP contribution in [-0.2, 0) is 19.2 Å². The Hall–Kier alpha value is -2.32. The molecule has 8 heteroatoms. The summed E-state index contributed by atoms with van der Waals surface area (Å²) in [7, 11) is 0. The zero-order valence-corrected chi connectivity index (χ0v) is 45.7. The summed E-state index contributed by atoms with van der Waals surface area (Å²) >= 11 is 0. The van der Waals surface area contributed by atoms with E-state index in [4.69, 9.17) is 0 Å². The third-order valence-corrected chi connectivity index (χ3v) is 14.2. The standard InChI is InChI=1S/C58H108N2O6/c1-15-17-19-21-23-25-27-29-31-33-35-37-47(55(3,4)5)53(65)49(57(9,10)11)43-45(61)39-41-51(63)59-60-52(64)42-40-46(62)44-50(58(12,13)14)54(66)48(56(6,7)8)38-36-34-32-30-28-26-24-22-20-18-16-2/h29-32,47-50,53-54,65-66H,15-28,33-44H2,1-14H3,(H,59,63)(H,60,64)/b31-29-,32-30?. The highest BCUT2D eigenvalue weighted by atomic mass is 16.3. The number of aliphatic hydroxyl groups is 2. The Bertz CT molecular complexity index is 1270. The minimum Gasteiger partial charge on any atom is -0.392 e. The number of aliphatic hydroxyl groups excluding tert-OH is 2. The molecule has 8 nitrogen and oxygen atoms in total. The van der Waals surface area contributed by atoms with E-state index in [0.717, 1.165) is 51.4 Å². The Morgan fingerprint density at radius 2 is 0.667 bits per heavy atom. The van der Waals surface area contributed by atoms with Gasteiger partial charge in [0.25, 0.3) is 0 Å². The largest absolute Gasteiger partial charge is 0.392 e. The van der Waals surface area contributed by atoms with E-state index in [2.05, 4.69) is 132 Å². The van der Waals surface area contributed by atoms with Crippen LogP contribution in [0.1, 0.15) is 264 Å². The number of allylic oxidation sites excluding steroid dienone is 4. The highest BCUT2D eigenvalue weighted by Gasteiger charge is 2.42. The first-order valence-electron chi connectivity index (χ1n) is 27.0. The van der Waals surface area contributed by atoms with Gasteiger partial charge in [-0.05, 0) is 110 Å². The molecule has 0 aliphatic heterocycles. The predicted molar refractivity (Wildman–Crippen MR) is 280 cm³/mol. The van der Waals surface area contributed by atoms with Gasteiger partial charge in [-0.25, -0.2) is 0 Å². The van der Waals surface area contributed by atoms with E-state index in [1.54, 1.807) is 0 Å². The van der Waals surface area contributed by atoms with Crippen molar-refractivity contribution in [3.8, 4) is 0 Å². The number of nitrogens with one attached hydrogen (secondary N) is 2. The molecule has 0 saturated carbocycles. The summed E-state index contributed by atoms with van der Waals surface area (Å²) in [4.78, 5) is 52.2. The Morgan fingerprint density at radius 1 is 0.394 bits per heavy atom. The molecule has 0 bridgehead atoms. The fourth-order valence-corrected chi connectivity index (χ4v) is 9.60. The summed E-state index contributed by atoms with van der Waals surface area (Å²) in [6.45, 7) is 29.9. The number of carbonyl (C=O) groups is 4. The van der Waals surface area contributed by atoms with Crippen LogP contribution in [0.15, 0.2) is 24.3 Å². The lowest BCUT2D eigenvalue weighted by Gasteiger charge is -2.43. The van der Waals surface area contributed by atoms with E-state index < -0.39 is 24.0 Å². The summed E-state index contributed by atoms with van der Waals surface area (Å²) < 4.78 is 0. The second kappa shape index (κ2) is 34.1. The first-order chi connectivity index (χ1) is 30.8. The maximum absolute atomic E-state index is 13.4. The number of hydrogen-bond donors (Lipinski definition) is 4. The summed E-state index contributed by atoms with van der Waals surface area (Å²) in [6.07, 6.45) is 31.5. The van der Waals surface area contributed by atoms with Gasteiger partial charge in [-0.15, -0.1) is 0 Å². The zero-order valence-electron chi connectivity index (χ0n) is 45.7. The van der Waals surface area contributed by atoms with E-state index in [1.807, 2.05) is 0 Å². The molecule has 0 heterocycles. The molecule has 6 atom stereocenters. The monoisotopic (exact) mass is 929 g/mol. The number of unbranched alkanes of at least 4 members (excludes halogenated alkanes) is 14. The van der Waals surface area contributed by atoms with E-state index in [1.165, 1.54) is 77.0 Å². The maximum Gasteiger partial charge on any atom is 0.238 e. The van der Waals surface area contributed by atoms with Crippen molar-refractivity contribution in [3.05, 3.63) is 24.3 Å². The van der Waals surface area contributed by atoms with Gasteiger partial charge in [0.1, 0.15) is 11.6 Å². The summed E-state index contributed by atoms with van der Waals surface area (Å²) in [5.74, 6) is -1.67. The van der Waals surface area contributed by atoms with Crippen molar-refractivity contribution in [3.63, 3.8) is 0 Å². The van der Waals surface area contributed by atoms with E-state index >= 15 is 0 Å². The van der Waals surface area contributed by atoms with Gasteiger partial charge in [0.05, 0.1) is 12.2 Å². The van der Waals surface area contributed by atoms with Crippen molar-refractivity contribution in [2.75, 3.05) is 0 Å². The van der Waals surface area contributed by atoms with E-state index in [0.29, 0.717) is 0 Å². The molecule has 0 fully saturated rings. The second-order valence-corrected chi connectivity index (χ2v) is 24.4. The Kier molecular flexibility index (Phi) is 32.9. The first kappa shape index (κ1) is 63.7. The molecule has 6 unspecified atom stereocenters. The average Bonchev–Trinajstić information content (AvgIpc) is 3.21. The molecule has 2 amide bonds. The number of amides is 2. The van der Waals surface area contributed by atoms with Crippen molar-refractivity contribution in [2.24, 2.45) is 45.3 Å². The van der Waals surface area contributed by atoms with Crippen molar-refractivity contribution >= 4 is 23.4 Å². The fourth-order valence-electron chi connectivity index (χ4n) is 9.60. The molecule has 0 aliphatic carbocycles. The summed E-state index contributed by atoms with van der Waals surface area (Å²) in [5.41, 5.74) is 3.89. The van der Waals surface area contributed by atoms with Crippen molar-refractivity contribution < 1.29 is 29.4 Å². The van der Waals surface area contributed by atoms with Crippen LogP contribution in [0, 0.1) is 45.3 Å². The van der Waals surface area contributed by atoms with Crippen molar-refractivity contribution in [1.82, 2.24) is 10.9 Å². The Labute approximate surface area is 407 Å². The number of hydrogen-bond acceptors (Lipinski definition) is 6. The van der Waals surface area contributed by atoms with Crippen molar-refractivity contribution in [2.45, 2.75) is 276 Å². The smallest absolute Gasteiger partial charge is 0.238 e. The second-order valence-electron chi connectivity index (χ2n) is 24.4. The highest BCUT2D eigenvalue weighted by Crippen LogP contribution is 2.44. The number of ketones is 2. The van der Waals surface area contributed by atoms with E-state index in [9.17, 15) is 29.4 Å². The normalized spacial score (nSPS) is 15.7. The lowest BCUT2D eigenvalue weighted by atomic mass is 9.65. The zero-order chi connectivity index (χ0) is 50.4. The first-order valence-corrected chi connectivity index (χ1v) is 27.0. The molecule has 66 heavy (non-hydrogen) atoms. The van der Waals surface area contributed by atoms with Crippen LogP contribution >= 0.6 is 0 Å². The van der Waals surface area contributed by atoms with Crippen LogP contribution in [0.25, 0.3) is 0 Å². The molecule has 0 saturated heterocycles. The third kappa shape index (κ3) is 30.2. The Morgan fingerprint density at radius 3 is 0.955 bits per heavy atom. The van der Waals surface area contributed by atoms with Crippen LogP contribution in [0.2, 0.25) is 0 Å². The molecule has 0 aromatic rings. The number of carbonyl (C=O) groups excluding carboxylic acids is 4. The van der Waals surface area contributed by atoms with Gasteiger partial charge < -0.3 is 10.2 Å². The topological polar surface area (TPSA) is 133 Å². The predicted octanol–water partition coefficient (Wildman–Crippen LogP) is 14.9. The van der Waals surface area contributed by atoms with Crippen LogP contribution in [0.4, 0.5) is 0 Å². The van der Waals surface area contributed by atoms with Crippen LogP contribution in [-0.4, -0.2) is 45.8 Å². The van der Waals surface area contributed by atoms with Crippen molar-refractivity contribution in [1.29, 1.82) is 0 Å². The molecule has 386 valence electrons.